The zero-order valence-electron chi connectivity index (χ0n) is 11.6. The van der Waals surface area contributed by atoms with Gasteiger partial charge >= 0.3 is 5.97 Å². The normalized spacial score (nSPS) is 18.5. The van der Waals surface area contributed by atoms with Crippen LogP contribution in [-0.2, 0) is 4.79 Å². The van der Waals surface area contributed by atoms with E-state index < -0.39 is 11.5 Å². The van der Waals surface area contributed by atoms with Crippen LogP contribution in [0, 0.1) is 0 Å². The molecule has 0 bridgehead atoms. The predicted octanol–water partition coefficient (Wildman–Crippen LogP) is 1.58. The Labute approximate surface area is 122 Å². The topological polar surface area (TPSA) is 84.9 Å². The van der Waals surface area contributed by atoms with Gasteiger partial charge in [-0.15, -0.1) is 0 Å². The fourth-order valence-corrected chi connectivity index (χ4v) is 2.74. The van der Waals surface area contributed by atoms with E-state index in [1.54, 1.807) is 18.2 Å². The third kappa shape index (κ3) is 2.79. The van der Waals surface area contributed by atoms with Gasteiger partial charge in [0.25, 0.3) is 5.91 Å². The number of fused-ring (bicyclic) bond motifs is 1. The highest BCUT2D eigenvalue weighted by molar-refractivity contribution is 5.95. The van der Waals surface area contributed by atoms with Crippen LogP contribution < -0.4 is 14.8 Å². The molecule has 1 aliphatic heterocycles. The number of carboxylic acids is 1. The molecule has 112 valence electrons. The highest BCUT2D eigenvalue weighted by atomic mass is 16.6. The van der Waals surface area contributed by atoms with Crippen LogP contribution in [0.5, 0.6) is 11.5 Å². The maximum absolute atomic E-state index is 12.3. The van der Waals surface area contributed by atoms with Gasteiger partial charge < -0.3 is 19.9 Å². The molecule has 1 heterocycles. The van der Waals surface area contributed by atoms with Crippen LogP contribution in [0.15, 0.2) is 18.2 Å². The molecule has 0 aromatic heterocycles. The molecule has 1 aromatic carbocycles. The summed E-state index contributed by atoms with van der Waals surface area (Å²) in [5, 5.41) is 11.8. The lowest BCUT2D eigenvalue weighted by Gasteiger charge is -2.41. The summed E-state index contributed by atoms with van der Waals surface area (Å²) >= 11 is 0. The van der Waals surface area contributed by atoms with E-state index >= 15 is 0 Å². The molecule has 0 atom stereocenters. The number of ether oxygens (including phenoxy) is 2. The van der Waals surface area contributed by atoms with Gasteiger partial charge in [-0.05, 0) is 37.5 Å². The van der Waals surface area contributed by atoms with Crippen molar-refractivity contribution in [1.29, 1.82) is 0 Å². The summed E-state index contributed by atoms with van der Waals surface area (Å²) in [6.07, 6.45) is 2.31. The van der Waals surface area contributed by atoms with Crippen molar-refractivity contribution in [2.24, 2.45) is 0 Å². The van der Waals surface area contributed by atoms with E-state index in [-0.39, 0.29) is 12.3 Å². The van der Waals surface area contributed by atoms with Crippen LogP contribution >= 0.6 is 0 Å². The Balaban J connectivity index is 1.74. The van der Waals surface area contributed by atoms with E-state index in [4.69, 9.17) is 14.6 Å². The summed E-state index contributed by atoms with van der Waals surface area (Å²) in [4.78, 5) is 23.2. The number of hydrogen-bond donors (Lipinski definition) is 2. The second kappa shape index (κ2) is 5.27. The first-order valence-corrected chi connectivity index (χ1v) is 7.02. The van der Waals surface area contributed by atoms with E-state index in [1.807, 2.05) is 0 Å². The largest absolute Gasteiger partial charge is 0.486 e. The molecule has 1 fully saturated rings. The summed E-state index contributed by atoms with van der Waals surface area (Å²) in [6, 6.07) is 5.00. The molecule has 21 heavy (non-hydrogen) atoms. The van der Waals surface area contributed by atoms with Gasteiger partial charge in [0, 0.05) is 5.56 Å². The average molecular weight is 291 g/mol. The molecule has 1 aliphatic carbocycles. The zero-order valence-corrected chi connectivity index (χ0v) is 11.6. The van der Waals surface area contributed by atoms with Gasteiger partial charge in [0.15, 0.2) is 11.5 Å². The number of nitrogens with one attached hydrogen (secondary N) is 1. The van der Waals surface area contributed by atoms with Gasteiger partial charge in [-0.25, -0.2) is 0 Å². The standard InChI is InChI=1S/C15H17NO5/c17-13(18)9-15(4-1-5-15)16-14(19)10-2-3-11-12(8-10)21-7-6-20-11/h2-3,8H,1,4-7,9H2,(H,16,19)(H,17,18). The number of aliphatic carboxylic acids is 1. The lowest BCUT2D eigenvalue weighted by molar-refractivity contribution is -0.139. The van der Waals surface area contributed by atoms with Crippen LogP contribution in [0.1, 0.15) is 36.0 Å². The van der Waals surface area contributed by atoms with E-state index in [9.17, 15) is 9.59 Å². The highest BCUT2D eigenvalue weighted by Crippen LogP contribution is 2.36. The molecule has 0 spiro atoms. The van der Waals surface area contributed by atoms with Gasteiger partial charge in [-0.2, -0.15) is 0 Å². The quantitative estimate of drug-likeness (QED) is 0.880. The second-order valence-corrected chi connectivity index (χ2v) is 5.52. The Morgan fingerprint density at radius 3 is 2.52 bits per heavy atom. The average Bonchev–Trinajstić information content (AvgIpc) is 2.43. The predicted molar refractivity (Wildman–Crippen MR) is 73.7 cm³/mol. The monoisotopic (exact) mass is 291 g/mol. The molecule has 2 N–H and O–H groups in total. The third-order valence-corrected chi connectivity index (χ3v) is 3.98. The summed E-state index contributed by atoms with van der Waals surface area (Å²) in [6.45, 7) is 0.960. The lowest BCUT2D eigenvalue weighted by Crippen LogP contribution is -2.54. The first kappa shape index (κ1) is 13.7. The van der Waals surface area contributed by atoms with Crippen LogP contribution in [-0.4, -0.2) is 35.7 Å². The molecule has 1 amide bonds. The number of hydrogen-bond acceptors (Lipinski definition) is 4. The van der Waals surface area contributed by atoms with Crippen molar-refractivity contribution in [3.05, 3.63) is 23.8 Å². The lowest BCUT2D eigenvalue weighted by atomic mass is 9.74. The Bertz CT molecular complexity index is 579. The fraction of sp³-hybridized carbons (Fsp3) is 0.467. The minimum absolute atomic E-state index is 0.0384. The molecule has 0 unspecified atom stereocenters. The number of rotatable bonds is 4. The Morgan fingerprint density at radius 1 is 1.19 bits per heavy atom. The molecule has 0 radical (unpaired) electrons. The second-order valence-electron chi connectivity index (χ2n) is 5.52. The van der Waals surface area contributed by atoms with Crippen molar-refractivity contribution in [3.8, 4) is 11.5 Å². The van der Waals surface area contributed by atoms with Crippen molar-refractivity contribution in [1.82, 2.24) is 5.32 Å². The van der Waals surface area contributed by atoms with E-state index in [1.165, 1.54) is 0 Å². The Morgan fingerprint density at radius 2 is 1.90 bits per heavy atom. The number of amides is 1. The maximum atomic E-state index is 12.3. The summed E-state index contributed by atoms with van der Waals surface area (Å²) < 4.78 is 10.9. The van der Waals surface area contributed by atoms with Crippen LogP contribution in [0.4, 0.5) is 0 Å². The van der Waals surface area contributed by atoms with Crippen LogP contribution in [0.2, 0.25) is 0 Å². The molecule has 0 saturated heterocycles. The van der Waals surface area contributed by atoms with Gasteiger partial charge in [-0.1, -0.05) is 0 Å². The minimum Gasteiger partial charge on any atom is -0.486 e. The first-order valence-electron chi connectivity index (χ1n) is 7.02. The molecule has 1 saturated carbocycles. The smallest absolute Gasteiger partial charge is 0.305 e. The van der Waals surface area contributed by atoms with E-state index in [0.717, 1.165) is 6.42 Å². The number of benzene rings is 1. The van der Waals surface area contributed by atoms with Gasteiger partial charge in [0.05, 0.1) is 12.0 Å². The fourth-order valence-electron chi connectivity index (χ4n) is 2.74. The summed E-state index contributed by atoms with van der Waals surface area (Å²) in [5.74, 6) is 0.0154. The number of carbonyl (C=O) groups excluding carboxylic acids is 1. The van der Waals surface area contributed by atoms with Gasteiger partial charge in [0.2, 0.25) is 0 Å². The molecule has 1 aromatic rings. The van der Waals surface area contributed by atoms with E-state index in [0.29, 0.717) is 43.1 Å². The van der Waals surface area contributed by atoms with Crippen molar-refractivity contribution in [2.75, 3.05) is 13.2 Å². The van der Waals surface area contributed by atoms with Crippen LogP contribution in [0.3, 0.4) is 0 Å². The van der Waals surface area contributed by atoms with Crippen LogP contribution in [0.25, 0.3) is 0 Å². The number of carboxylic acid groups (broad SMARTS) is 1. The SMILES string of the molecule is O=C(O)CC1(NC(=O)c2ccc3c(c2)OCCO3)CCC1. The molecule has 2 aliphatic rings. The molecule has 6 nitrogen and oxygen atoms in total. The Kier molecular flexibility index (Phi) is 3.45. The molecular formula is C15H17NO5. The first-order chi connectivity index (χ1) is 10.1. The van der Waals surface area contributed by atoms with Crippen molar-refractivity contribution >= 4 is 11.9 Å². The van der Waals surface area contributed by atoms with Crippen molar-refractivity contribution < 1.29 is 24.2 Å². The molecule has 3 rings (SSSR count). The molecule has 6 heteroatoms. The maximum Gasteiger partial charge on any atom is 0.305 e. The zero-order chi connectivity index (χ0) is 14.9. The highest BCUT2D eigenvalue weighted by Gasteiger charge is 2.40. The molecular weight excluding hydrogens is 274 g/mol. The Hall–Kier alpha value is -2.24. The minimum atomic E-state index is -0.892. The number of carbonyl (C=O) groups is 2. The van der Waals surface area contributed by atoms with Gasteiger partial charge in [0.1, 0.15) is 13.2 Å². The summed E-state index contributed by atoms with van der Waals surface area (Å²) in [7, 11) is 0. The third-order valence-electron chi connectivity index (χ3n) is 3.98. The van der Waals surface area contributed by atoms with Gasteiger partial charge in [-0.3, -0.25) is 9.59 Å². The summed E-state index contributed by atoms with van der Waals surface area (Å²) in [5.41, 5.74) is -0.146. The van der Waals surface area contributed by atoms with Crippen molar-refractivity contribution in [2.45, 2.75) is 31.2 Å². The van der Waals surface area contributed by atoms with Crippen molar-refractivity contribution in [3.63, 3.8) is 0 Å². The van der Waals surface area contributed by atoms with E-state index in [2.05, 4.69) is 5.32 Å².